The minimum Gasteiger partial charge on any atom is -0.390 e. The molecule has 0 rings (SSSR count). The molecule has 0 amide bonds. The van der Waals surface area contributed by atoms with Gasteiger partial charge in [0.1, 0.15) is 0 Å². The van der Waals surface area contributed by atoms with Gasteiger partial charge in [-0.3, -0.25) is 0 Å². The first-order valence-corrected chi connectivity index (χ1v) is 11.9. The molecule has 0 aromatic heterocycles. The van der Waals surface area contributed by atoms with Gasteiger partial charge in [-0.15, -0.1) is 0 Å². The molecule has 0 atom stereocenters. The fraction of sp³-hybridized carbons (Fsp3) is 1.00. The van der Waals surface area contributed by atoms with Crippen LogP contribution in [0.1, 0.15) is 137 Å². The molecule has 0 aliphatic carbocycles. The number of aliphatic hydroxyl groups is 1. The van der Waals surface area contributed by atoms with Crippen molar-refractivity contribution in [2.75, 3.05) is 6.61 Å². The highest BCUT2D eigenvalue weighted by Gasteiger charge is 2.28. The molecule has 0 aromatic carbocycles. The topological polar surface area (TPSA) is 29.5 Å². The summed E-state index contributed by atoms with van der Waals surface area (Å²) in [7, 11) is 0. The zero-order valence-electron chi connectivity index (χ0n) is 18.9. The molecule has 0 heterocycles. The van der Waals surface area contributed by atoms with Crippen molar-refractivity contribution in [3.8, 4) is 0 Å². The van der Waals surface area contributed by atoms with E-state index in [0.29, 0.717) is 6.61 Å². The Morgan fingerprint density at radius 3 is 1.46 bits per heavy atom. The lowest BCUT2D eigenvalue weighted by Crippen LogP contribution is -2.35. The SMILES string of the molecule is CCCCCCCCCCCCC(CC)(CC)OCCC(O)(CC)CC. The molecule has 0 spiro atoms. The Labute approximate surface area is 165 Å². The van der Waals surface area contributed by atoms with Gasteiger partial charge in [-0.05, 0) is 38.5 Å². The molecule has 0 saturated heterocycles. The molecule has 0 radical (unpaired) electrons. The molecule has 0 aliphatic heterocycles. The Balaban J connectivity index is 3.93. The van der Waals surface area contributed by atoms with E-state index in [9.17, 15) is 5.11 Å². The number of hydrogen-bond acceptors (Lipinski definition) is 2. The van der Waals surface area contributed by atoms with Gasteiger partial charge < -0.3 is 9.84 Å². The van der Waals surface area contributed by atoms with E-state index in [1.807, 2.05) is 0 Å². The Kier molecular flexibility index (Phi) is 15.9. The summed E-state index contributed by atoms with van der Waals surface area (Å²) in [4.78, 5) is 0. The third-order valence-corrected chi connectivity index (χ3v) is 6.57. The first kappa shape index (κ1) is 25.9. The molecule has 158 valence electrons. The van der Waals surface area contributed by atoms with Crippen LogP contribution in [0.5, 0.6) is 0 Å². The maximum atomic E-state index is 10.5. The van der Waals surface area contributed by atoms with Crippen molar-refractivity contribution >= 4 is 0 Å². The third-order valence-electron chi connectivity index (χ3n) is 6.57. The summed E-state index contributed by atoms with van der Waals surface area (Å²) in [5.41, 5.74) is -0.507. The van der Waals surface area contributed by atoms with Crippen molar-refractivity contribution in [2.45, 2.75) is 149 Å². The smallest absolute Gasteiger partial charge is 0.0677 e. The third kappa shape index (κ3) is 11.6. The largest absolute Gasteiger partial charge is 0.390 e. The summed E-state index contributed by atoms with van der Waals surface area (Å²) in [6.45, 7) is 11.6. The average molecular weight is 371 g/mol. The summed E-state index contributed by atoms with van der Waals surface area (Å²) in [5, 5.41) is 10.5. The molecule has 26 heavy (non-hydrogen) atoms. The lowest BCUT2D eigenvalue weighted by molar-refractivity contribution is -0.0850. The van der Waals surface area contributed by atoms with Crippen LogP contribution in [0, 0.1) is 0 Å². The van der Waals surface area contributed by atoms with Gasteiger partial charge in [0.2, 0.25) is 0 Å². The first-order chi connectivity index (χ1) is 12.5. The van der Waals surface area contributed by atoms with Crippen LogP contribution < -0.4 is 0 Å². The minimum absolute atomic E-state index is 0.0303. The predicted octanol–water partition coefficient (Wildman–Crippen LogP) is 7.81. The molecule has 0 bridgehead atoms. The van der Waals surface area contributed by atoms with Gasteiger partial charge in [-0.1, -0.05) is 98.8 Å². The van der Waals surface area contributed by atoms with Crippen molar-refractivity contribution in [2.24, 2.45) is 0 Å². The van der Waals surface area contributed by atoms with Crippen molar-refractivity contribution in [1.82, 2.24) is 0 Å². The second-order valence-corrected chi connectivity index (χ2v) is 8.35. The Morgan fingerprint density at radius 2 is 1.04 bits per heavy atom. The molecule has 0 fully saturated rings. The lowest BCUT2D eigenvalue weighted by Gasteiger charge is -2.34. The van der Waals surface area contributed by atoms with E-state index in [4.69, 9.17) is 4.74 Å². The normalized spacial score (nSPS) is 12.7. The van der Waals surface area contributed by atoms with Crippen LogP contribution in [0.3, 0.4) is 0 Å². The van der Waals surface area contributed by atoms with E-state index in [-0.39, 0.29) is 5.60 Å². The van der Waals surface area contributed by atoms with Crippen LogP contribution in [0.25, 0.3) is 0 Å². The fourth-order valence-corrected chi connectivity index (χ4v) is 3.88. The van der Waals surface area contributed by atoms with Gasteiger partial charge in [-0.25, -0.2) is 0 Å². The predicted molar refractivity (Wildman–Crippen MR) is 116 cm³/mol. The van der Waals surface area contributed by atoms with E-state index >= 15 is 0 Å². The van der Waals surface area contributed by atoms with Crippen LogP contribution in [0.2, 0.25) is 0 Å². The summed E-state index contributed by atoms with van der Waals surface area (Å²) in [6.07, 6.45) is 19.6. The van der Waals surface area contributed by atoms with Crippen molar-refractivity contribution in [3.05, 3.63) is 0 Å². The van der Waals surface area contributed by atoms with Crippen LogP contribution >= 0.6 is 0 Å². The molecule has 0 aromatic rings. The molecular weight excluding hydrogens is 320 g/mol. The van der Waals surface area contributed by atoms with E-state index in [1.54, 1.807) is 0 Å². The summed E-state index contributed by atoms with van der Waals surface area (Å²) in [6, 6.07) is 0. The van der Waals surface area contributed by atoms with Crippen molar-refractivity contribution in [1.29, 1.82) is 0 Å². The van der Waals surface area contributed by atoms with Gasteiger partial charge >= 0.3 is 0 Å². The fourth-order valence-electron chi connectivity index (χ4n) is 3.88. The molecule has 0 unspecified atom stereocenters. The highest BCUT2D eigenvalue weighted by Crippen LogP contribution is 2.29. The minimum atomic E-state index is -0.537. The highest BCUT2D eigenvalue weighted by atomic mass is 16.5. The number of hydrogen-bond donors (Lipinski definition) is 1. The summed E-state index contributed by atoms with van der Waals surface area (Å²) in [5.74, 6) is 0. The molecule has 1 N–H and O–H groups in total. The first-order valence-electron chi connectivity index (χ1n) is 11.9. The lowest BCUT2D eigenvalue weighted by atomic mass is 9.89. The molecule has 2 heteroatoms. The zero-order chi connectivity index (χ0) is 19.7. The summed E-state index contributed by atoms with van der Waals surface area (Å²) < 4.78 is 6.35. The second kappa shape index (κ2) is 15.9. The van der Waals surface area contributed by atoms with Crippen LogP contribution in [0.15, 0.2) is 0 Å². The maximum Gasteiger partial charge on any atom is 0.0677 e. The number of rotatable bonds is 19. The van der Waals surface area contributed by atoms with Gasteiger partial charge in [0.05, 0.1) is 17.8 Å². The zero-order valence-corrected chi connectivity index (χ0v) is 18.9. The highest BCUT2D eigenvalue weighted by molar-refractivity contribution is 4.80. The van der Waals surface area contributed by atoms with Gasteiger partial charge in [0.25, 0.3) is 0 Å². The maximum absolute atomic E-state index is 10.5. The van der Waals surface area contributed by atoms with Gasteiger partial charge in [0.15, 0.2) is 0 Å². The molecule has 0 aliphatic rings. The van der Waals surface area contributed by atoms with E-state index < -0.39 is 5.60 Å². The Bertz CT molecular complexity index is 293. The molecular formula is C24H50O2. The second-order valence-electron chi connectivity index (χ2n) is 8.35. The van der Waals surface area contributed by atoms with Crippen molar-refractivity contribution < 1.29 is 9.84 Å². The monoisotopic (exact) mass is 370 g/mol. The summed E-state index contributed by atoms with van der Waals surface area (Å²) >= 11 is 0. The van der Waals surface area contributed by atoms with Crippen LogP contribution in [0.4, 0.5) is 0 Å². The van der Waals surface area contributed by atoms with Crippen LogP contribution in [-0.2, 0) is 4.74 Å². The Hall–Kier alpha value is -0.0800. The molecule has 2 nitrogen and oxygen atoms in total. The number of unbranched alkanes of at least 4 members (excludes halogenated alkanes) is 9. The van der Waals surface area contributed by atoms with E-state index in [0.717, 1.165) is 32.1 Å². The van der Waals surface area contributed by atoms with E-state index in [2.05, 4.69) is 34.6 Å². The van der Waals surface area contributed by atoms with E-state index in [1.165, 1.54) is 70.6 Å². The quantitative estimate of drug-likeness (QED) is 0.235. The standard InChI is InChI=1S/C24H50O2/c1-6-11-12-13-14-15-16-17-18-19-20-24(9-4,10-5)26-22-21-23(25,7-2)8-3/h25H,6-22H2,1-5H3. The molecule has 0 saturated carbocycles. The van der Waals surface area contributed by atoms with Crippen LogP contribution in [-0.4, -0.2) is 22.9 Å². The number of ether oxygens (including phenoxy) is 1. The average Bonchev–Trinajstić information content (AvgIpc) is 2.68. The Morgan fingerprint density at radius 1 is 0.577 bits per heavy atom. The van der Waals surface area contributed by atoms with Crippen molar-refractivity contribution in [3.63, 3.8) is 0 Å². The van der Waals surface area contributed by atoms with Gasteiger partial charge in [0, 0.05) is 0 Å². The van der Waals surface area contributed by atoms with Gasteiger partial charge in [-0.2, -0.15) is 0 Å².